The monoisotopic (exact) mass is 337 g/mol. The Hall–Kier alpha value is -1.36. The molecule has 23 heavy (non-hydrogen) atoms. The third kappa shape index (κ3) is 4.80. The van der Waals surface area contributed by atoms with Crippen LogP contribution in [-0.2, 0) is 14.6 Å². The normalized spacial score (nSPS) is 25.1. The molecule has 0 radical (unpaired) electrons. The fraction of sp³-hybridized carbons (Fsp3) is 0.611. The molecule has 5 heteroatoms. The third-order valence-electron chi connectivity index (χ3n) is 5.03. The summed E-state index contributed by atoms with van der Waals surface area (Å²) in [5, 5.41) is 3.03. The lowest BCUT2D eigenvalue weighted by Gasteiger charge is -2.34. The molecule has 1 aromatic carbocycles. The van der Waals surface area contributed by atoms with Crippen molar-refractivity contribution in [2.75, 3.05) is 5.75 Å². The van der Waals surface area contributed by atoms with Crippen LogP contribution >= 0.6 is 0 Å². The van der Waals surface area contributed by atoms with Crippen molar-refractivity contribution >= 4 is 15.7 Å². The van der Waals surface area contributed by atoms with Crippen LogP contribution in [0.1, 0.15) is 45.1 Å². The summed E-state index contributed by atoms with van der Waals surface area (Å²) in [7, 11) is -3.40. The van der Waals surface area contributed by atoms with E-state index >= 15 is 0 Å². The molecule has 0 aliphatic heterocycles. The van der Waals surface area contributed by atoms with Gasteiger partial charge in [0.2, 0.25) is 5.91 Å². The van der Waals surface area contributed by atoms with E-state index in [1.54, 1.807) is 24.3 Å². The standard InChI is InChI=1S/C18H27NO3S/c1-13-7-9-16(10-8-13)23(21,22)12-11-18(20)19-17-6-4-5-14(2)15(17)3/h7-10,14-15,17H,4-6,11-12H2,1-3H3,(H,19,20)/t14-,15-,17+/m0/s1. The second kappa shape index (κ2) is 7.47. The van der Waals surface area contributed by atoms with E-state index in [0.29, 0.717) is 11.8 Å². The van der Waals surface area contributed by atoms with Gasteiger partial charge in [-0.1, -0.05) is 44.4 Å². The highest BCUT2D eigenvalue weighted by Gasteiger charge is 2.28. The molecule has 128 valence electrons. The van der Waals surface area contributed by atoms with Gasteiger partial charge in [0.1, 0.15) is 0 Å². The Bertz CT molecular complexity index is 637. The fourth-order valence-electron chi connectivity index (χ4n) is 3.16. The maximum Gasteiger partial charge on any atom is 0.221 e. The van der Waals surface area contributed by atoms with E-state index in [0.717, 1.165) is 18.4 Å². The Labute approximate surface area is 139 Å². The quantitative estimate of drug-likeness (QED) is 0.898. The molecule has 2 rings (SSSR count). The number of rotatable bonds is 5. The topological polar surface area (TPSA) is 63.2 Å². The van der Waals surface area contributed by atoms with Crippen LogP contribution < -0.4 is 5.32 Å². The smallest absolute Gasteiger partial charge is 0.221 e. The zero-order valence-electron chi connectivity index (χ0n) is 14.2. The molecule has 1 amide bonds. The number of sulfone groups is 1. The summed E-state index contributed by atoms with van der Waals surface area (Å²) in [6.45, 7) is 6.29. The predicted octanol–water partition coefficient (Wildman–Crippen LogP) is 3.10. The molecule has 1 N–H and O–H groups in total. The Kier molecular flexibility index (Phi) is 5.84. The molecule has 1 fully saturated rings. The number of hydrogen-bond acceptors (Lipinski definition) is 3. The minimum Gasteiger partial charge on any atom is -0.353 e. The SMILES string of the molecule is Cc1ccc(S(=O)(=O)CCC(=O)N[C@@H]2CCC[C@H](C)[C@@H]2C)cc1. The zero-order chi connectivity index (χ0) is 17.0. The van der Waals surface area contributed by atoms with Crippen molar-refractivity contribution in [3.8, 4) is 0 Å². The third-order valence-corrected chi connectivity index (χ3v) is 6.76. The Morgan fingerprint density at radius 2 is 1.83 bits per heavy atom. The molecule has 0 saturated heterocycles. The summed E-state index contributed by atoms with van der Waals surface area (Å²) in [6.07, 6.45) is 3.34. The van der Waals surface area contributed by atoms with Gasteiger partial charge >= 0.3 is 0 Å². The lowest BCUT2D eigenvalue weighted by Crippen LogP contribution is -2.44. The average molecular weight is 337 g/mol. The Morgan fingerprint density at radius 3 is 2.48 bits per heavy atom. The van der Waals surface area contributed by atoms with Crippen LogP contribution in [0.2, 0.25) is 0 Å². The minimum atomic E-state index is -3.40. The van der Waals surface area contributed by atoms with Crippen molar-refractivity contribution in [2.24, 2.45) is 11.8 Å². The van der Waals surface area contributed by atoms with Crippen LogP contribution in [0.25, 0.3) is 0 Å². The van der Waals surface area contributed by atoms with E-state index in [-0.39, 0.29) is 29.0 Å². The first-order valence-corrected chi connectivity index (χ1v) is 10.0. The van der Waals surface area contributed by atoms with Crippen molar-refractivity contribution in [3.05, 3.63) is 29.8 Å². The molecular weight excluding hydrogens is 310 g/mol. The van der Waals surface area contributed by atoms with Crippen molar-refractivity contribution in [3.63, 3.8) is 0 Å². The molecule has 0 unspecified atom stereocenters. The van der Waals surface area contributed by atoms with Crippen LogP contribution in [0.5, 0.6) is 0 Å². The van der Waals surface area contributed by atoms with E-state index in [4.69, 9.17) is 0 Å². The highest BCUT2D eigenvalue weighted by molar-refractivity contribution is 7.91. The van der Waals surface area contributed by atoms with E-state index < -0.39 is 9.84 Å². The second-order valence-electron chi connectivity index (χ2n) is 6.82. The van der Waals surface area contributed by atoms with Crippen LogP contribution in [0.3, 0.4) is 0 Å². The minimum absolute atomic E-state index is 0.0216. The van der Waals surface area contributed by atoms with Gasteiger partial charge in [-0.25, -0.2) is 8.42 Å². The van der Waals surface area contributed by atoms with E-state index in [9.17, 15) is 13.2 Å². The van der Waals surface area contributed by atoms with Gasteiger partial charge in [0.05, 0.1) is 10.6 Å². The fourth-order valence-corrected chi connectivity index (χ4v) is 4.40. The highest BCUT2D eigenvalue weighted by atomic mass is 32.2. The molecule has 4 nitrogen and oxygen atoms in total. The maximum atomic E-state index is 12.3. The molecule has 1 aromatic rings. The summed E-state index contributed by atoms with van der Waals surface area (Å²) < 4.78 is 24.6. The van der Waals surface area contributed by atoms with Crippen molar-refractivity contribution < 1.29 is 13.2 Å². The van der Waals surface area contributed by atoms with Crippen molar-refractivity contribution in [1.29, 1.82) is 0 Å². The van der Waals surface area contributed by atoms with Gasteiger partial charge in [0.15, 0.2) is 9.84 Å². The van der Waals surface area contributed by atoms with Gasteiger partial charge in [-0.3, -0.25) is 4.79 Å². The largest absolute Gasteiger partial charge is 0.353 e. The van der Waals surface area contributed by atoms with Gasteiger partial charge in [-0.05, 0) is 37.3 Å². The van der Waals surface area contributed by atoms with E-state index in [2.05, 4.69) is 19.2 Å². The predicted molar refractivity (Wildman–Crippen MR) is 92.0 cm³/mol. The first kappa shape index (κ1) is 18.0. The summed E-state index contributed by atoms with van der Waals surface area (Å²) in [4.78, 5) is 12.4. The van der Waals surface area contributed by atoms with E-state index in [1.165, 1.54) is 6.42 Å². The van der Waals surface area contributed by atoms with Crippen LogP contribution in [0.15, 0.2) is 29.2 Å². The summed E-state index contributed by atoms with van der Waals surface area (Å²) >= 11 is 0. The molecular formula is C18H27NO3S. The molecule has 1 saturated carbocycles. The number of benzene rings is 1. The Morgan fingerprint density at radius 1 is 1.17 bits per heavy atom. The highest BCUT2D eigenvalue weighted by Crippen LogP contribution is 2.29. The molecule has 0 heterocycles. The van der Waals surface area contributed by atoms with Gasteiger partial charge in [0, 0.05) is 12.5 Å². The molecule has 0 spiro atoms. The van der Waals surface area contributed by atoms with Crippen molar-refractivity contribution in [2.45, 2.75) is 57.4 Å². The molecule has 0 bridgehead atoms. The van der Waals surface area contributed by atoms with Crippen LogP contribution in [-0.4, -0.2) is 26.1 Å². The first-order chi connectivity index (χ1) is 10.8. The summed E-state index contributed by atoms with van der Waals surface area (Å²) in [5.74, 6) is 0.747. The van der Waals surface area contributed by atoms with Crippen LogP contribution in [0, 0.1) is 18.8 Å². The van der Waals surface area contributed by atoms with Gasteiger partial charge < -0.3 is 5.32 Å². The number of carbonyl (C=O) groups excluding carboxylic acids is 1. The average Bonchev–Trinajstić information content (AvgIpc) is 2.50. The number of nitrogens with one attached hydrogen (secondary N) is 1. The lowest BCUT2D eigenvalue weighted by molar-refractivity contribution is -0.122. The Balaban J connectivity index is 1.89. The van der Waals surface area contributed by atoms with E-state index in [1.807, 2.05) is 6.92 Å². The summed E-state index contributed by atoms with van der Waals surface area (Å²) in [5.41, 5.74) is 1.02. The molecule has 0 aromatic heterocycles. The lowest BCUT2D eigenvalue weighted by atomic mass is 9.78. The maximum absolute atomic E-state index is 12.3. The summed E-state index contributed by atoms with van der Waals surface area (Å²) in [6, 6.07) is 6.94. The molecule has 1 aliphatic rings. The molecule has 1 aliphatic carbocycles. The number of carbonyl (C=O) groups is 1. The van der Waals surface area contributed by atoms with Crippen LogP contribution in [0.4, 0.5) is 0 Å². The van der Waals surface area contributed by atoms with Crippen molar-refractivity contribution in [1.82, 2.24) is 5.32 Å². The zero-order valence-corrected chi connectivity index (χ0v) is 15.0. The van der Waals surface area contributed by atoms with Gasteiger partial charge in [0.25, 0.3) is 0 Å². The second-order valence-corrected chi connectivity index (χ2v) is 8.93. The first-order valence-electron chi connectivity index (χ1n) is 8.38. The van der Waals surface area contributed by atoms with Gasteiger partial charge in [-0.15, -0.1) is 0 Å². The molecule has 3 atom stereocenters. The van der Waals surface area contributed by atoms with Gasteiger partial charge in [-0.2, -0.15) is 0 Å². The number of hydrogen-bond donors (Lipinski definition) is 1. The number of amides is 1. The number of aryl methyl sites for hydroxylation is 1.